The lowest BCUT2D eigenvalue weighted by Gasteiger charge is -2.15. The molecule has 2 aliphatic rings. The Bertz CT molecular complexity index is 515. The van der Waals surface area contributed by atoms with Crippen LogP contribution >= 0.6 is 12.4 Å². The number of primary amides is 2. The van der Waals surface area contributed by atoms with Gasteiger partial charge in [0.1, 0.15) is 0 Å². The van der Waals surface area contributed by atoms with E-state index in [9.17, 15) is 9.59 Å². The lowest BCUT2D eigenvalue weighted by molar-refractivity contribution is -0.129. The van der Waals surface area contributed by atoms with Crippen LogP contribution in [0.1, 0.15) is 17.9 Å². The van der Waals surface area contributed by atoms with Gasteiger partial charge in [0.15, 0.2) is 0 Å². The standard InChI is InChI=1S/C15H19N3O2.ClH/c16-14(19)11-7-18(8-12(11)15(17)20)13-6-10(13)9-4-2-1-3-5-9;/h1-5,10-13H,6-8H2,(H2,16,19)(H2,17,20);1H/t10-,11?,12?,13+;/m1./s1. The van der Waals surface area contributed by atoms with Gasteiger partial charge >= 0.3 is 0 Å². The van der Waals surface area contributed by atoms with E-state index in [0.29, 0.717) is 25.0 Å². The molecule has 5 nitrogen and oxygen atoms in total. The Hall–Kier alpha value is -1.59. The maximum atomic E-state index is 11.4. The molecule has 1 saturated carbocycles. The minimum atomic E-state index is -0.440. The van der Waals surface area contributed by atoms with Gasteiger partial charge in [-0.05, 0) is 12.0 Å². The third-order valence-corrected chi connectivity index (χ3v) is 4.53. The highest BCUT2D eigenvalue weighted by atomic mass is 35.5. The molecule has 2 amide bonds. The predicted molar refractivity (Wildman–Crippen MR) is 81.8 cm³/mol. The van der Waals surface area contributed by atoms with Crippen LogP contribution in [0.5, 0.6) is 0 Å². The molecule has 6 heteroatoms. The van der Waals surface area contributed by atoms with Crippen molar-refractivity contribution in [1.82, 2.24) is 4.90 Å². The molecule has 1 saturated heterocycles. The van der Waals surface area contributed by atoms with E-state index < -0.39 is 23.7 Å². The minimum Gasteiger partial charge on any atom is -0.369 e. The number of nitrogens with two attached hydrogens (primary N) is 2. The molecular formula is C15H20ClN3O2. The minimum absolute atomic E-state index is 0. The number of amides is 2. The molecule has 1 aromatic carbocycles. The number of hydrogen-bond acceptors (Lipinski definition) is 3. The van der Waals surface area contributed by atoms with Gasteiger partial charge in [-0.2, -0.15) is 0 Å². The van der Waals surface area contributed by atoms with Crippen LogP contribution < -0.4 is 11.5 Å². The highest BCUT2D eigenvalue weighted by Gasteiger charge is 2.49. The summed E-state index contributed by atoms with van der Waals surface area (Å²) < 4.78 is 0. The average molecular weight is 310 g/mol. The summed E-state index contributed by atoms with van der Waals surface area (Å²) in [4.78, 5) is 25.1. The molecule has 2 unspecified atom stereocenters. The first-order valence-electron chi connectivity index (χ1n) is 6.95. The summed E-state index contributed by atoms with van der Waals surface area (Å²) in [5.74, 6) is -1.23. The van der Waals surface area contributed by atoms with E-state index in [2.05, 4.69) is 17.0 Å². The lowest BCUT2D eigenvalue weighted by Crippen LogP contribution is -2.36. The van der Waals surface area contributed by atoms with Crippen molar-refractivity contribution < 1.29 is 9.59 Å². The van der Waals surface area contributed by atoms with Crippen LogP contribution in [0.4, 0.5) is 0 Å². The summed E-state index contributed by atoms with van der Waals surface area (Å²) in [7, 11) is 0. The van der Waals surface area contributed by atoms with Gasteiger partial charge in [0.2, 0.25) is 11.8 Å². The van der Waals surface area contributed by atoms with Crippen LogP contribution in [0.3, 0.4) is 0 Å². The Morgan fingerprint density at radius 1 is 1.00 bits per heavy atom. The van der Waals surface area contributed by atoms with Crippen molar-refractivity contribution in [3.05, 3.63) is 35.9 Å². The third kappa shape index (κ3) is 3.04. The molecule has 1 heterocycles. The Kier molecular flexibility index (Phi) is 4.54. The average Bonchev–Trinajstić information content (AvgIpc) is 3.10. The topological polar surface area (TPSA) is 89.4 Å². The van der Waals surface area contributed by atoms with E-state index >= 15 is 0 Å². The fourth-order valence-electron chi connectivity index (χ4n) is 3.33. The van der Waals surface area contributed by atoms with Crippen LogP contribution in [0, 0.1) is 11.8 Å². The van der Waals surface area contributed by atoms with Crippen molar-refractivity contribution in [2.24, 2.45) is 23.3 Å². The summed E-state index contributed by atoms with van der Waals surface area (Å²) in [6.45, 7) is 1.11. The Labute approximate surface area is 130 Å². The number of halogens is 1. The van der Waals surface area contributed by atoms with Crippen molar-refractivity contribution in [3.8, 4) is 0 Å². The number of nitrogens with zero attached hydrogens (tertiary/aromatic N) is 1. The molecule has 21 heavy (non-hydrogen) atoms. The second-order valence-corrected chi connectivity index (χ2v) is 5.79. The first kappa shape index (κ1) is 15.8. The second kappa shape index (κ2) is 6.03. The van der Waals surface area contributed by atoms with E-state index in [4.69, 9.17) is 11.5 Å². The first-order chi connectivity index (χ1) is 9.58. The number of likely N-dealkylation sites (tertiary alicyclic amines) is 1. The van der Waals surface area contributed by atoms with Crippen molar-refractivity contribution in [2.75, 3.05) is 13.1 Å². The summed E-state index contributed by atoms with van der Waals surface area (Å²) in [5, 5.41) is 0. The number of benzene rings is 1. The van der Waals surface area contributed by atoms with Crippen LogP contribution in [0.15, 0.2) is 30.3 Å². The predicted octanol–water partition coefficient (Wildman–Crippen LogP) is 0.483. The highest BCUT2D eigenvalue weighted by molar-refractivity contribution is 5.87. The van der Waals surface area contributed by atoms with Gasteiger partial charge in [-0.3, -0.25) is 14.5 Å². The van der Waals surface area contributed by atoms with E-state index in [1.54, 1.807) is 0 Å². The molecule has 2 fully saturated rings. The van der Waals surface area contributed by atoms with E-state index in [1.165, 1.54) is 5.56 Å². The smallest absolute Gasteiger partial charge is 0.222 e. The summed E-state index contributed by atoms with van der Waals surface area (Å²) >= 11 is 0. The largest absolute Gasteiger partial charge is 0.369 e. The van der Waals surface area contributed by atoms with Gasteiger partial charge in [-0.1, -0.05) is 30.3 Å². The maximum Gasteiger partial charge on any atom is 0.222 e. The summed E-state index contributed by atoms with van der Waals surface area (Å²) in [5.41, 5.74) is 12.1. The molecule has 0 aromatic heterocycles. The van der Waals surface area contributed by atoms with Crippen LogP contribution in [-0.2, 0) is 9.59 Å². The molecule has 1 aliphatic heterocycles. The highest BCUT2D eigenvalue weighted by Crippen LogP contribution is 2.46. The monoisotopic (exact) mass is 309 g/mol. The van der Waals surface area contributed by atoms with Gasteiger partial charge in [-0.25, -0.2) is 0 Å². The second-order valence-electron chi connectivity index (χ2n) is 5.79. The molecule has 1 aliphatic carbocycles. The zero-order chi connectivity index (χ0) is 14.3. The normalized spacial score (nSPS) is 31.4. The Morgan fingerprint density at radius 2 is 1.52 bits per heavy atom. The third-order valence-electron chi connectivity index (χ3n) is 4.53. The van der Waals surface area contributed by atoms with Crippen molar-refractivity contribution in [3.63, 3.8) is 0 Å². The summed E-state index contributed by atoms with van der Waals surface area (Å²) in [6.07, 6.45) is 1.07. The molecule has 114 valence electrons. The van der Waals surface area contributed by atoms with E-state index in [-0.39, 0.29) is 12.4 Å². The quantitative estimate of drug-likeness (QED) is 0.848. The van der Waals surface area contributed by atoms with Gasteiger partial charge in [0.25, 0.3) is 0 Å². The fraction of sp³-hybridized carbons (Fsp3) is 0.467. The van der Waals surface area contributed by atoms with Gasteiger partial charge in [0.05, 0.1) is 11.8 Å². The van der Waals surface area contributed by atoms with Crippen LogP contribution in [0.2, 0.25) is 0 Å². The van der Waals surface area contributed by atoms with Gasteiger partial charge in [-0.15, -0.1) is 12.4 Å². The molecule has 0 spiro atoms. The molecule has 1 aromatic rings. The summed E-state index contributed by atoms with van der Waals surface area (Å²) in [6, 6.07) is 10.7. The molecule has 4 atom stereocenters. The zero-order valence-electron chi connectivity index (χ0n) is 11.6. The van der Waals surface area contributed by atoms with Gasteiger partial charge in [0, 0.05) is 25.0 Å². The maximum absolute atomic E-state index is 11.4. The number of rotatable bonds is 4. The molecule has 0 radical (unpaired) electrons. The molecular weight excluding hydrogens is 290 g/mol. The first-order valence-corrected chi connectivity index (χ1v) is 6.95. The SMILES string of the molecule is Cl.NC(=O)C1CN([C@H]2C[C@@H]2c2ccccc2)CC1C(N)=O. The van der Waals surface area contributed by atoms with Gasteiger partial charge < -0.3 is 11.5 Å². The van der Waals surface area contributed by atoms with E-state index in [1.807, 2.05) is 18.2 Å². The number of carbonyl (C=O) groups is 2. The Balaban J connectivity index is 0.00000161. The fourth-order valence-corrected chi connectivity index (χ4v) is 3.33. The van der Waals surface area contributed by atoms with Crippen molar-refractivity contribution >= 4 is 24.2 Å². The van der Waals surface area contributed by atoms with Crippen molar-refractivity contribution in [1.29, 1.82) is 0 Å². The van der Waals surface area contributed by atoms with Crippen LogP contribution in [-0.4, -0.2) is 35.8 Å². The van der Waals surface area contributed by atoms with Crippen molar-refractivity contribution in [2.45, 2.75) is 18.4 Å². The molecule has 0 bridgehead atoms. The number of carbonyl (C=O) groups excluding carboxylic acids is 2. The molecule has 3 rings (SSSR count). The van der Waals surface area contributed by atoms with Crippen LogP contribution in [0.25, 0.3) is 0 Å². The molecule has 4 N–H and O–H groups in total. The zero-order valence-corrected chi connectivity index (χ0v) is 12.5. The van der Waals surface area contributed by atoms with E-state index in [0.717, 1.165) is 6.42 Å². The number of hydrogen-bond donors (Lipinski definition) is 2. The lowest BCUT2D eigenvalue weighted by atomic mass is 9.95. The Morgan fingerprint density at radius 3 is 2.00 bits per heavy atom.